The van der Waals surface area contributed by atoms with Gasteiger partial charge in [-0.25, -0.2) is 0 Å². The van der Waals surface area contributed by atoms with E-state index in [1.807, 2.05) is 12.1 Å². The summed E-state index contributed by atoms with van der Waals surface area (Å²) >= 11 is 0. The van der Waals surface area contributed by atoms with Gasteiger partial charge in [-0.1, -0.05) is 42.5 Å². The van der Waals surface area contributed by atoms with Crippen LogP contribution in [0.2, 0.25) is 0 Å². The predicted octanol–water partition coefficient (Wildman–Crippen LogP) is 3.20. The Kier molecular flexibility index (Phi) is 1.77. The molecule has 0 aliphatic heterocycles. The van der Waals surface area contributed by atoms with E-state index in [0.29, 0.717) is 21.5 Å². The number of hydrogen-bond donors (Lipinski definition) is 2. The lowest BCUT2D eigenvalue weighted by atomic mass is 10.0. The highest BCUT2D eigenvalue weighted by Gasteiger charge is 2.11. The molecule has 0 fully saturated rings. The lowest BCUT2D eigenvalue weighted by Crippen LogP contribution is -1.80. The van der Waals surface area contributed by atoms with Crippen molar-refractivity contribution in [2.45, 2.75) is 0 Å². The van der Waals surface area contributed by atoms with Crippen LogP contribution in [0.15, 0.2) is 42.5 Å². The van der Waals surface area contributed by atoms with Crippen molar-refractivity contribution in [3.63, 3.8) is 0 Å². The number of hydrogen-bond acceptors (Lipinski definition) is 2. The van der Waals surface area contributed by atoms with Crippen molar-refractivity contribution in [3.8, 4) is 11.5 Å². The van der Waals surface area contributed by atoms with Crippen molar-refractivity contribution in [2.24, 2.45) is 0 Å². The fourth-order valence-corrected chi connectivity index (χ4v) is 2.01. The SMILES string of the molecule is Oc1c2[c]cccc2c(O)c2ccccc12. The third-order valence-electron chi connectivity index (χ3n) is 2.79. The topological polar surface area (TPSA) is 40.5 Å². The molecule has 16 heavy (non-hydrogen) atoms. The number of phenolic OH excluding ortho intramolecular Hbond substituents is 2. The zero-order chi connectivity index (χ0) is 11.1. The van der Waals surface area contributed by atoms with Crippen molar-refractivity contribution < 1.29 is 10.2 Å². The predicted molar refractivity (Wildman–Crippen MR) is 63.6 cm³/mol. The third kappa shape index (κ3) is 1.07. The van der Waals surface area contributed by atoms with Gasteiger partial charge in [0.05, 0.1) is 0 Å². The summed E-state index contributed by atoms with van der Waals surface area (Å²) in [5.41, 5.74) is 0. The van der Waals surface area contributed by atoms with E-state index < -0.39 is 0 Å². The number of benzene rings is 3. The van der Waals surface area contributed by atoms with Gasteiger partial charge in [-0.15, -0.1) is 0 Å². The highest BCUT2D eigenvalue weighted by atomic mass is 16.3. The first-order chi connectivity index (χ1) is 7.79. The van der Waals surface area contributed by atoms with Crippen LogP contribution in [0.4, 0.5) is 0 Å². The van der Waals surface area contributed by atoms with E-state index >= 15 is 0 Å². The van der Waals surface area contributed by atoms with Gasteiger partial charge in [0.1, 0.15) is 11.5 Å². The summed E-state index contributed by atoms with van der Waals surface area (Å²) in [5.74, 6) is 0.365. The van der Waals surface area contributed by atoms with Crippen LogP contribution in [0.3, 0.4) is 0 Å². The Hall–Kier alpha value is -2.22. The molecule has 0 aromatic heterocycles. The van der Waals surface area contributed by atoms with E-state index in [2.05, 4.69) is 6.07 Å². The summed E-state index contributed by atoms with van der Waals surface area (Å²) in [6.45, 7) is 0. The molecule has 2 N–H and O–H groups in total. The maximum atomic E-state index is 10.1. The Morgan fingerprint density at radius 1 is 0.750 bits per heavy atom. The van der Waals surface area contributed by atoms with Gasteiger partial charge in [0.25, 0.3) is 0 Å². The number of fused-ring (bicyclic) bond motifs is 2. The number of rotatable bonds is 0. The molecule has 3 aromatic rings. The molecule has 0 bridgehead atoms. The monoisotopic (exact) mass is 209 g/mol. The van der Waals surface area contributed by atoms with Gasteiger partial charge in [0, 0.05) is 21.5 Å². The number of aromatic hydroxyl groups is 2. The van der Waals surface area contributed by atoms with E-state index in [1.54, 1.807) is 30.3 Å². The molecule has 3 rings (SSSR count). The molecule has 2 heteroatoms. The van der Waals surface area contributed by atoms with Crippen LogP contribution < -0.4 is 0 Å². The summed E-state index contributed by atoms with van der Waals surface area (Å²) in [5, 5.41) is 22.7. The Morgan fingerprint density at radius 3 is 2.12 bits per heavy atom. The molecule has 77 valence electrons. The first-order valence-corrected chi connectivity index (χ1v) is 5.02. The van der Waals surface area contributed by atoms with Gasteiger partial charge in [0.2, 0.25) is 0 Å². The largest absolute Gasteiger partial charge is 0.507 e. The molecule has 2 nitrogen and oxygen atoms in total. The van der Waals surface area contributed by atoms with Gasteiger partial charge in [-0.3, -0.25) is 0 Å². The average Bonchev–Trinajstić information content (AvgIpc) is 2.36. The fourth-order valence-electron chi connectivity index (χ4n) is 2.01. The van der Waals surface area contributed by atoms with Crippen LogP contribution >= 0.6 is 0 Å². The second-order valence-corrected chi connectivity index (χ2v) is 3.70. The normalized spacial score (nSPS) is 11.0. The molecule has 0 saturated carbocycles. The Balaban J connectivity index is 2.67. The van der Waals surface area contributed by atoms with Crippen molar-refractivity contribution in [2.75, 3.05) is 0 Å². The summed E-state index contributed by atoms with van der Waals surface area (Å²) in [6, 6.07) is 15.5. The van der Waals surface area contributed by atoms with Crippen LogP contribution in [0, 0.1) is 6.07 Å². The Labute approximate surface area is 92.4 Å². The minimum Gasteiger partial charge on any atom is -0.507 e. The maximum absolute atomic E-state index is 10.1. The van der Waals surface area contributed by atoms with E-state index in [1.165, 1.54) is 0 Å². The molecule has 0 unspecified atom stereocenters. The van der Waals surface area contributed by atoms with Crippen LogP contribution in [0.1, 0.15) is 0 Å². The Morgan fingerprint density at radius 2 is 1.38 bits per heavy atom. The maximum Gasteiger partial charge on any atom is 0.132 e. The van der Waals surface area contributed by atoms with E-state index in [4.69, 9.17) is 0 Å². The highest BCUT2D eigenvalue weighted by Crippen LogP contribution is 2.40. The fraction of sp³-hybridized carbons (Fsp3) is 0. The molecule has 0 atom stereocenters. The lowest BCUT2D eigenvalue weighted by molar-refractivity contribution is 0.478. The average molecular weight is 209 g/mol. The molecule has 0 spiro atoms. The molecule has 0 heterocycles. The van der Waals surface area contributed by atoms with E-state index in [0.717, 1.165) is 0 Å². The van der Waals surface area contributed by atoms with Gasteiger partial charge in [-0.2, -0.15) is 0 Å². The van der Waals surface area contributed by atoms with Crippen molar-refractivity contribution >= 4 is 21.5 Å². The van der Waals surface area contributed by atoms with Crippen LogP contribution in [-0.4, -0.2) is 10.2 Å². The van der Waals surface area contributed by atoms with Crippen molar-refractivity contribution in [1.82, 2.24) is 0 Å². The zero-order valence-electron chi connectivity index (χ0n) is 8.44. The molecular weight excluding hydrogens is 200 g/mol. The summed E-state index contributed by atoms with van der Waals surface area (Å²) < 4.78 is 0. The first-order valence-electron chi connectivity index (χ1n) is 5.02. The quantitative estimate of drug-likeness (QED) is 0.441. The van der Waals surface area contributed by atoms with Gasteiger partial charge in [-0.05, 0) is 6.07 Å². The molecular formula is C14H9O2. The standard InChI is InChI=1S/C14H9O2/c15-13-9-5-1-2-6-10(9)14(16)12-8-4-3-7-11(12)13/h1-7,15-16H. The van der Waals surface area contributed by atoms with E-state index in [-0.39, 0.29) is 11.5 Å². The first kappa shape index (κ1) is 9.04. The van der Waals surface area contributed by atoms with Crippen LogP contribution in [0.25, 0.3) is 21.5 Å². The molecule has 1 radical (unpaired) electrons. The summed E-state index contributed by atoms with van der Waals surface area (Å²) in [6.07, 6.45) is 0. The second-order valence-electron chi connectivity index (χ2n) is 3.70. The zero-order valence-corrected chi connectivity index (χ0v) is 8.44. The Bertz CT molecular complexity index is 570. The molecule has 0 aliphatic carbocycles. The van der Waals surface area contributed by atoms with Gasteiger partial charge < -0.3 is 10.2 Å². The molecule has 0 amide bonds. The molecule has 0 aliphatic rings. The van der Waals surface area contributed by atoms with Gasteiger partial charge in [0.15, 0.2) is 0 Å². The van der Waals surface area contributed by atoms with Crippen molar-refractivity contribution in [1.29, 1.82) is 0 Å². The third-order valence-corrected chi connectivity index (χ3v) is 2.79. The minimum absolute atomic E-state index is 0.170. The van der Waals surface area contributed by atoms with Gasteiger partial charge >= 0.3 is 0 Å². The van der Waals surface area contributed by atoms with Crippen LogP contribution in [0.5, 0.6) is 11.5 Å². The highest BCUT2D eigenvalue weighted by molar-refractivity contribution is 6.10. The lowest BCUT2D eigenvalue weighted by Gasteiger charge is -2.08. The summed E-state index contributed by atoms with van der Waals surface area (Å²) in [7, 11) is 0. The second kappa shape index (κ2) is 3.14. The smallest absolute Gasteiger partial charge is 0.132 e. The summed E-state index contributed by atoms with van der Waals surface area (Å²) in [4.78, 5) is 0. The number of phenols is 2. The molecule has 0 saturated heterocycles. The van der Waals surface area contributed by atoms with E-state index in [9.17, 15) is 10.2 Å². The minimum atomic E-state index is 0.170. The molecule has 3 aromatic carbocycles. The van der Waals surface area contributed by atoms with Crippen molar-refractivity contribution in [3.05, 3.63) is 48.5 Å². The van der Waals surface area contributed by atoms with Crippen LogP contribution in [-0.2, 0) is 0 Å².